The third-order valence-electron chi connectivity index (χ3n) is 3.77. The Labute approximate surface area is 101 Å². The standard InChI is InChI=1S/C13H17FN2O/c14-12-3-1-2-11(8-12)13(9-17-10-13)16-6-4-15-5-7-16/h1-3,8,15H,4-7,9-10H2. The third kappa shape index (κ3) is 1.86. The van der Waals surface area contributed by atoms with Gasteiger partial charge in [0.15, 0.2) is 0 Å². The van der Waals surface area contributed by atoms with Crippen LogP contribution in [0.5, 0.6) is 0 Å². The molecule has 17 heavy (non-hydrogen) atoms. The van der Waals surface area contributed by atoms with Crippen LogP contribution in [0.3, 0.4) is 0 Å². The fourth-order valence-corrected chi connectivity index (χ4v) is 2.70. The number of benzene rings is 1. The van der Waals surface area contributed by atoms with E-state index in [-0.39, 0.29) is 11.4 Å². The summed E-state index contributed by atoms with van der Waals surface area (Å²) in [5.74, 6) is -0.163. The summed E-state index contributed by atoms with van der Waals surface area (Å²) in [5, 5.41) is 3.34. The lowest BCUT2D eigenvalue weighted by Crippen LogP contribution is -2.63. The van der Waals surface area contributed by atoms with Gasteiger partial charge in [0.25, 0.3) is 0 Å². The summed E-state index contributed by atoms with van der Waals surface area (Å²) in [6.45, 7) is 5.35. The van der Waals surface area contributed by atoms with E-state index in [0.717, 1.165) is 31.7 Å². The Hall–Kier alpha value is -0.970. The van der Waals surface area contributed by atoms with Gasteiger partial charge in [0, 0.05) is 26.2 Å². The van der Waals surface area contributed by atoms with Crippen LogP contribution in [0, 0.1) is 5.82 Å². The van der Waals surface area contributed by atoms with E-state index >= 15 is 0 Å². The van der Waals surface area contributed by atoms with Crippen molar-refractivity contribution in [3.63, 3.8) is 0 Å². The van der Waals surface area contributed by atoms with Gasteiger partial charge in [0.05, 0.1) is 18.8 Å². The average molecular weight is 236 g/mol. The zero-order valence-corrected chi connectivity index (χ0v) is 9.79. The molecule has 0 aliphatic carbocycles. The van der Waals surface area contributed by atoms with Gasteiger partial charge in [-0.05, 0) is 17.7 Å². The van der Waals surface area contributed by atoms with Gasteiger partial charge in [-0.2, -0.15) is 0 Å². The van der Waals surface area contributed by atoms with Crippen LogP contribution in [-0.2, 0) is 10.3 Å². The summed E-state index contributed by atoms with van der Waals surface area (Å²) in [6.07, 6.45) is 0. The molecule has 2 saturated heterocycles. The van der Waals surface area contributed by atoms with Crippen LogP contribution in [-0.4, -0.2) is 44.3 Å². The molecule has 3 rings (SSSR count). The maximum absolute atomic E-state index is 13.4. The molecule has 1 N–H and O–H groups in total. The van der Waals surface area contributed by atoms with Crippen molar-refractivity contribution in [2.24, 2.45) is 0 Å². The third-order valence-corrected chi connectivity index (χ3v) is 3.77. The summed E-state index contributed by atoms with van der Waals surface area (Å²) in [7, 11) is 0. The lowest BCUT2D eigenvalue weighted by Gasteiger charge is -2.51. The SMILES string of the molecule is Fc1cccc(C2(N3CCNCC3)COC2)c1. The zero-order chi connectivity index (χ0) is 11.7. The van der Waals surface area contributed by atoms with E-state index in [0.29, 0.717) is 13.2 Å². The van der Waals surface area contributed by atoms with E-state index in [1.165, 1.54) is 6.07 Å². The maximum atomic E-state index is 13.4. The van der Waals surface area contributed by atoms with E-state index in [2.05, 4.69) is 10.2 Å². The molecule has 0 unspecified atom stereocenters. The van der Waals surface area contributed by atoms with Crippen molar-refractivity contribution in [2.75, 3.05) is 39.4 Å². The fraction of sp³-hybridized carbons (Fsp3) is 0.538. The quantitative estimate of drug-likeness (QED) is 0.827. The molecular weight excluding hydrogens is 219 g/mol. The summed E-state index contributed by atoms with van der Waals surface area (Å²) >= 11 is 0. The molecule has 3 nitrogen and oxygen atoms in total. The van der Waals surface area contributed by atoms with Gasteiger partial charge in [0.2, 0.25) is 0 Å². The Kier molecular flexibility index (Phi) is 2.86. The monoisotopic (exact) mass is 236 g/mol. The predicted octanol–water partition coefficient (Wildman–Crippen LogP) is 0.956. The van der Waals surface area contributed by atoms with Crippen LogP contribution in [0.25, 0.3) is 0 Å². The molecule has 4 heteroatoms. The number of ether oxygens (including phenoxy) is 1. The molecule has 0 atom stereocenters. The molecule has 0 amide bonds. The maximum Gasteiger partial charge on any atom is 0.123 e. The highest BCUT2D eigenvalue weighted by Gasteiger charge is 2.45. The summed E-state index contributed by atoms with van der Waals surface area (Å²) < 4.78 is 18.8. The second kappa shape index (κ2) is 4.37. The Morgan fingerprint density at radius 1 is 1.24 bits per heavy atom. The van der Waals surface area contributed by atoms with Crippen molar-refractivity contribution in [3.05, 3.63) is 35.6 Å². The Bertz CT molecular complexity index is 400. The highest BCUT2D eigenvalue weighted by Crippen LogP contribution is 2.36. The normalized spacial score (nSPS) is 24.3. The summed E-state index contributed by atoms with van der Waals surface area (Å²) in [4.78, 5) is 2.42. The number of nitrogens with zero attached hydrogens (tertiary/aromatic N) is 1. The molecule has 1 aromatic rings. The second-order valence-electron chi connectivity index (χ2n) is 4.77. The first-order valence-electron chi connectivity index (χ1n) is 6.11. The molecule has 0 saturated carbocycles. The lowest BCUT2D eigenvalue weighted by atomic mass is 9.85. The molecule has 2 heterocycles. The van der Waals surface area contributed by atoms with E-state index in [1.807, 2.05) is 6.07 Å². The summed E-state index contributed by atoms with van der Waals surface area (Å²) in [6, 6.07) is 6.93. The van der Waals surface area contributed by atoms with Gasteiger partial charge in [-0.15, -0.1) is 0 Å². The molecular formula is C13H17FN2O. The largest absolute Gasteiger partial charge is 0.377 e. The lowest BCUT2D eigenvalue weighted by molar-refractivity contribution is -0.149. The highest BCUT2D eigenvalue weighted by atomic mass is 19.1. The molecule has 2 fully saturated rings. The van der Waals surface area contributed by atoms with Gasteiger partial charge in [-0.25, -0.2) is 4.39 Å². The predicted molar refractivity (Wildman–Crippen MR) is 63.3 cm³/mol. The first-order valence-corrected chi connectivity index (χ1v) is 6.11. The highest BCUT2D eigenvalue weighted by molar-refractivity contribution is 5.28. The zero-order valence-electron chi connectivity index (χ0n) is 9.79. The van der Waals surface area contributed by atoms with Gasteiger partial charge in [-0.3, -0.25) is 4.90 Å². The molecule has 2 aliphatic heterocycles. The van der Waals surface area contributed by atoms with Crippen molar-refractivity contribution in [1.29, 1.82) is 0 Å². The van der Waals surface area contributed by atoms with Crippen molar-refractivity contribution in [3.8, 4) is 0 Å². The molecule has 0 radical (unpaired) electrons. The van der Waals surface area contributed by atoms with Gasteiger partial charge in [-0.1, -0.05) is 12.1 Å². The minimum Gasteiger partial charge on any atom is -0.377 e. The van der Waals surface area contributed by atoms with Crippen LogP contribution in [0.2, 0.25) is 0 Å². The Morgan fingerprint density at radius 2 is 2.00 bits per heavy atom. The first-order chi connectivity index (χ1) is 8.31. The smallest absolute Gasteiger partial charge is 0.123 e. The van der Waals surface area contributed by atoms with E-state index in [4.69, 9.17) is 4.74 Å². The van der Waals surface area contributed by atoms with Crippen LogP contribution >= 0.6 is 0 Å². The number of rotatable bonds is 2. The van der Waals surface area contributed by atoms with Crippen molar-refractivity contribution >= 4 is 0 Å². The summed E-state index contributed by atoms with van der Waals surface area (Å²) in [5.41, 5.74) is 0.954. The Morgan fingerprint density at radius 3 is 2.59 bits per heavy atom. The fourth-order valence-electron chi connectivity index (χ4n) is 2.70. The first kappa shape index (κ1) is 11.1. The number of halogens is 1. The molecule has 2 aliphatic rings. The molecule has 0 spiro atoms. The van der Waals surface area contributed by atoms with Crippen molar-refractivity contribution in [2.45, 2.75) is 5.54 Å². The van der Waals surface area contributed by atoms with Crippen molar-refractivity contribution in [1.82, 2.24) is 10.2 Å². The van der Waals surface area contributed by atoms with Crippen LogP contribution in [0.4, 0.5) is 4.39 Å². The van der Waals surface area contributed by atoms with Gasteiger partial charge < -0.3 is 10.1 Å². The second-order valence-corrected chi connectivity index (χ2v) is 4.77. The van der Waals surface area contributed by atoms with Crippen LogP contribution in [0.1, 0.15) is 5.56 Å². The molecule has 1 aromatic carbocycles. The molecule has 0 bridgehead atoms. The van der Waals surface area contributed by atoms with Gasteiger partial charge >= 0.3 is 0 Å². The van der Waals surface area contributed by atoms with E-state index < -0.39 is 0 Å². The van der Waals surface area contributed by atoms with Gasteiger partial charge in [0.1, 0.15) is 5.82 Å². The molecule has 92 valence electrons. The number of nitrogens with one attached hydrogen (secondary N) is 1. The topological polar surface area (TPSA) is 24.5 Å². The minimum atomic E-state index is -0.163. The van der Waals surface area contributed by atoms with Crippen LogP contribution in [0.15, 0.2) is 24.3 Å². The average Bonchev–Trinajstić information content (AvgIpc) is 2.29. The number of hydrogen-bond donors (Lipinski definition) is 1. The molecule has 0 aromatic heterocycles. The number of piperazine rings is 1. The minimum absolute atomic E-state index is 0.0931. The van der Waals surface area contributed by atoms with E-state index in [9.17, 15) is 4.39 Å². The van der Waals surface area contributed by atoms with Crippen LogP contribution < -0.4 is 5.32 Å². The number of hydrogen-bond acceptors (Lipinski definition) is 3. The van der Waals surface area contributed by atoms with Crippen molar-refractivity contribution < 1.29 is 9.13 Å². The Balaban J connectivity index is 1.90. The van der Waals surface area contributed by atoms with E-state index in [1.54, 1.807) is 12.1 Å².